The molecule has 126 valence electrons. The van der Waals surface area contributed by atoms with Crippen LogP contribution in [0.5, 0.6) is 11.5 Å². The summed E-state index contributed by atoms with van der Waals surface area (Å²) in [5.41, 5.74) is 4.36. The fourth-order valence-electron chi connectivity index (χ4n) is 1.92. The average Bonchev–Trinajstić information content (AvgIpc) is 2.56. The monoisotopic (exact) mass is 408 g/mol. The van der Waals surface area contributed by atoms with Gasteiger partial charge in [0.25, 0.3) is 0 Å². The highest BCUT2D eigenvalue weighted by atomic mass is 79.9. The smallest absolute Gasteiger partial charge is 0.250 e. The highest BCUT2D eigenvalue weighted by molar-refractivity contribution is 9.10. The molecule has 0 fully saturated rings. The molecule has 3 N–H and O–H groups in total. The third-order valence-electron chi connectivity index (χ3n) is 3.17. The molecule has 2 aromatic carbocycles. The molecule has 0 spiro atoms. The molecule has 0 aromatic heterocycles. The molecule has 5 nitrogen and oxygen atoms in total. The van der Waals surface area contributed by atoms with Crippen LogP contribution in [0.4, 0.5) is 0 Å². The van der Waals surface area contributed by atoms with Crippen LogP contribution in [0.1, 0.15) is 18.1 Å². The highest BCUT2D eigenvalue weighted by Crippen LogP contribution is 2.23. The number of hydrazone groups is 1. The fraction of sp³-hybridized carbons (Fsp3) is 0.176. The average molecular weight is 409 g/mol. The minimum absolute atomic E-state index is 0.00778. The second kappa shape index (κ2) is 8.75. The molecule has 7 heteroatoms. The van der Waals surface area contributed by atoms with Crippen molar-refractivity contribution in [2.45, 2.75) is 12.7 Å². The number of carbonyl (C=O) groups excluding carboxylic acids is 1. The Kier molecular flexibility index (Phi) is 6.69. The van der Waals surface area contributed by atoms with Crippen molar-refractivity contribution in [1.82, 2.24) is 5.43 Å². The van der Waals surface area contributed by atoms with E-state index in [1.807, 2.05) is 24.3 Å². The molecule has 0 radical (unpaired) electrons. The highest BCUT2D eigenvalue weighted by Gasteiger charge is 2.07. The maximum absolute atomic E-state index is 11.8. The van der Waals surface area contributed by atoms with Gasteiger partial charge < -0.3 is 10.2 Å². The number of carbonyl (C=O) groups is 1. The Morgan fingerprint density at radius 3 is 2.75 bits per heavy atom. The van der Waals surface area contributed by atoms with Gasteiger partial charge in [0.1, 0.15) is 11.5 Å². The van der Waals surface area contributed by atoms with Gasteiger partial charge in [0.05, 0.1) is 11.5 Å². The second-order valence-corrected chi connectivity index (χ2v) is 6.86. The first-order chi connectivity index (χ1) is 11.5. The summed E-state index contributed by atoms with van der Waals surface area (Å²) in [5.74, 6) is 0.764. The normalized spacial score (nSPS) is 11.3. The summed E-state index contributed by atoms with van der Waals surface area (Å²) in [4.78, 5) is 11.8. The Balaban J connectivity index is 1.86. The van der Waals surface area contributed by atoms with Crippen molar-refractivity contribution < 1.29 is 15.0 Å². The van der Waals surface area contributed by atoms with E-state index in [4.69, 9.17) is 0 Å². The molecule has 0 heterocycles. The van der Waals surface area contributed by atoms with Gasteiger partial charge in [0.2, 0.25) is 5.91 Å². The van der Waals surface area contributed by atoms with Crippen LogP contribution in [-0.4, -0.2) is 27.6 Å². The van der Waals surface area contributed by atoms with Crippen molar-refractivity contribution in [3.63, 3.8) is 0 Å². The van der Waals surface area contributed by atoms with Crippen LogP contribution in [0.15, 0.2) is 52.0 Å². The maximum atomic E-state index is 11.8. The Hall–Kier alpha value is -1.99. The van der Waals surface area contributed by atoms with E-state index in [9.17, 15) is 15.0 Å². The summed E-state index contributed by atoms with van der Waals surface area (Å²) in [6.45, 7) is 1.64. The maximum Gasteiger partial charge on any atom is 0.250 e. The molecule has 2 aromatic rings. The first-order valence-corrected chi connectivity index (χ1v) is 9.09. The zero-order chi connectivity index (χ0) is 17.5. The lowest BCUT2D eigenvalue weighted by molar-refractivity contribution is -0.118. The van der Waals surface area contributed by atoms with Gasteiger partial charge in [-0.2, -0.15) is 5.10 Å². The lowest BCUT2D eigenvalue weighted by Gasteiger charge is -2.06. The summed E-state index contributed by atoms with van der Waals surface area (Å²) in [6, 6.07) is 12.0. The Morgan fingerprint density at radius 1 is 1.25 bits per heavy atom. The Bertz CT molecular complexity index is 765. The Morgan fingerprint density at radius 2 is 2.00 bits per heavy atom. The molecule has 0 atom stereocenters. The predicted octanol–water partition coefficient (Wildman–Crippen LogP) is 3.63. The van der Waals surface area contributed by atoms with Crippen LogP contribution in [0.3, 0.4) is 0 Å². The number of nitrogens with one attached hydrogen (secondary N) is 1. The van der Waals surface area contributed by atoms with Crippen LogP contribution < -0.4 is 5.43 Å². The third-order valence-corrected chi connectivity index (χ3v) is 4.92. The van der Waals surface area contributed by atoms with Crippen molar-refractivity contribution in [3.05, 3.63) is 58.1 Å². The topological polar surface area (TPSA) is 81.9 Å². The number of hydrogen-bond acceptors (Lipinski definition) is 5. The summed E-state index contributed by atoms with van der Waals surface area (Å²) in [7, 11) is 0. The molecule has 1 amide bonds. The molecule has 0 aliphatic rings. The quantitative estimate of drug-likeness (QED) is 0.387. The number of phenolic OH excluding ortho intramolecular Hbond substituents is 2. The lowest BCUT2D eigenvalue weighted by atomic mass is 10.1. The molecule has 0 aliphatic carbocycles. The molecular formula is C17H17BrN2O3S. The number of amides is 1. The lowest BCUT2D eigenvalue weighted by Crippen LogP contribution is -2.21. The van der Waals surface area contributed by atoms with E-state index in [-0.39, 0.29) is 23.2 Å². The van der Waals surface area contributed by atoms with Gasteiger partial charge in [-0.3, -0.25) is 4.79 Å². The summed E-state index contributed by atoms with van der Waals surface area (Å²) in [6.07, 6.45) is 0. The molecule has 24 heavy (non-hydrogen) atoms. The van der Waals surface area contributed by atoms with Gasteiger partial charge in [-0.05, 0) is 36.8 Å². The SMILES string of the molecule is C/C(=N\NC(=O)CSCc1ccccc1Br)c1cc(O)ccc1O. The number of halogens is 1. The minimum atomic E-state index is -0.231. The van der Waals surface area contributed by atoms with Crippen LogP contribution in [0, 0.1) is 0 Å². The van der Waals surface area contributed by atoms with E-state index >= 15 is 0 Å². The Labute approximate surface area is 152 Å². The molecule has 2 rings (SSSR count). The molecular weight excluding hydrogens is 392 g/mol. The third kappa shape index (κ3) is 5.28. The van der Waals surface area contributed by atoms with E-state index in [1.54, 1.807) is 6.92 Å². The molecule has 0 saturated carbocycles. The van der Waals surface area contributed by atoms with Crippen molar-refractivity contribution in [2.75, 3.05) is 5.75 Å². The summed E-state index contributed by atoms with van der Waals surface area (Å²) < 4.78 is 1.02. The van der Waals surface area contributed by atoms with Gasteiger partial charge in [-0.15, -0.1) is 11.8 Å². The number of thioether (sulfide) groups is 1. The number of nitrogens with zero attached hydrogens (tertiary/aromatic N) is 1. The standard InChI is InChI=1S/C17H17BrN2O3S/c1-11(14-8-13(21)6-7-16(14)22)19-20-17(23)10-24-9-12-4-2-3-5-15(12)18/h2-8,21-22H,9-10H2,1H3,(H,20,23)/b19-11+. The van der Waals surface area contributed by atoms with Crippen LogP contribution >= 0.6 is 27.7 Å². The fourth-order valence-corrected chi connectivity index (χ4v) is 3.36. The van der Waals surface area contributed by atoms with Gasteiger partial charge in [0, 0.05) is 15.8 Å². The number of hydrogen-bond donors (Lipinski definition) is 3. The largest absolute Gasteiger partial charge is 0.508 e. The first kappa shape index (κ1) is 18.4. The van der Waals surface area contributed by atoms with E-state index in [2.05, 4.69) is 26.5 Å². The predicted molar refractivity (Wildman–Crippen MR) is 100 cm³/mol. The first-order valence-electron chi connectivity index (χ1n) is 7.14. The number of rotatable bonds is 6. The zero-order valence-corrected chi connectivity index (χ0v) is 15.4. The van der Waals surface area contributed by atoms with Gasteiger partial charge in [-0.1, -0.05) is 34.1 Å². The molecule has 0 saturated heterocycles. The van der Waals surface area contributed by atoms with Crippen molar-refractivity contribution in [1.29, 1.82) is 0 Å². The number of benzene rings is 2. The van der Waals surface area contributed by atoms with Crippen LogP contribution in [0.25, 0.3) is 0 Å². The summed E-state index contributed by atoms with van der Waals surface area (Å²) in [5, 5.41) is 23.2. The zero-order valence-electron chi connectivity index (χ0n) is 13.0. The van der Waals surface area contributed by atoms with Crippen molar-refractivity contribution in [3.8, 4) is 11.5 Å². The van der Waals surface area contributed by atoms with Crippen LogP contribution in [-0.2, 0) is 10.5 Å². The number of phenols is 2. The van der Waals surface area contributed by atoms with E-state index in [0.717, 1.165) is 10.0 Å². The van der Waals surface area contributed by atoms with Crippen molar-refractivity contribution in [2.24, 2.45) is 5.10 Å². The minimum Gasteiger partial charge on any atom is -0.508 e. The molecule has 0 unspecified atom stereocenters. The molecule has 0 aliphatic heterocycles. The second-order valence-electron chi connectivity index (χ2n) is 5.02. The van der Waals surface area contributed by atoms with Gasteiger partial charge in [0.15, 0.2) is 0 Å². The van der Waals surface area contributed by atoms with Gasteiger partial charge >= 0.3 is 0 Å². The van der Waals surface area contributed by atoms with Gasteiger partial charge in [-0.25, -0.2) is 5.43 Å². The molecule has 0 bridgehead atoms. The van der Waals surface area contributed by atoms with Crippen molar-refractivity contribution >= 4 is 39.3 Å². The summed E-state index contributed by atoms with van der Waals surface area (Å²) >= 11 is 4.95. The van der Waals surface area contributed by atoms with E-state index < -0.39 is 0 Å². The van der Waals surface area contributed by atoms with Crippen LogP contribution in [0.2, 0.25) is 0 Å². The van der Waals surface area contributed by atoms with E-state index in [1.165, 1.54) is 30.0 Å². The van der Waals surface area contributed by atoms with E-state index in [0.29, 0.717) is 17.0 Å². The number of aromatic hydroxyl groups is 2.